The summed E-state index contributed by atoms with van der Waals surface area (Å²) in [4.78, 5) is 0. The van der Waals surface area contributed by atoms with E-state index < -0.39 is 30.1 Å². The Morgan fingerprint density at radius 2 is 1.70 bits per heavy atom. The summed E-state index contributed by atoms with van der Waals surface area (Å²) in [7, 11) is 4.62. The van der Waals surface area contributed by atoms with Gasteiger partial charge in [0.1, 0.15) is 12.2 Å². The molecule has 0 aromatic heterocycles. The summed E-state index contributed by atoms with van der Waals surface area (Å²) < 4.78 is 33.8. The first-order valence-corrected chi connectivity index (χ1v) is 6.68. The summed E-state index contributed by atoms with van der Waals surface area (Å²) in [5.74, 6) is -2.15. The van der Waals surface area contributed by atoms with E-state index in [1.54, 1.807) is 21.0 Å². The first-order chi connectivity index (χ1) is 9.43. The van der Waals surface area contributed by atoms with Gasteiger partial charge in [-0.2, -0.15) is 0 Å². The molecule has 20 heavy (non-hydrogen) atoms. The maximum atomic E-state index is 9.49. The Morgan fingerprint density at radius 3 is 2.20 bits per heavy atom. The lowest BCUT2D eigenvalue weighted by atomic mass is 9.96. The lowest BCUT2D eigenvalue weighted by Crippen LogP contribution is -2.69. The molecule has 2 aliphatic heterocycles. The lowest BCUT2D eigenvalue weighted by Gasteiger charge is -2.55. The predicted molar refractivity (Wildman–Crippen MR) is 67.9 cm³/mol. The molecule has 0 aromatic rings. The second-order valence-corrected chi connectivity index (χ2v) is 5.30. The summed E-state index contributed by atoms with van der Waals surface area (Å²) >= 11 is 0. The highest BCUT2D eigenvalue weighted by molar-refractivity contribution is 4.96. The molecule has 0 radical (unpaired) electrons. The molecule has 0 unspecified atom stereocenters. The summed E-state index contributed by atoms with van der Waals surface area (Å²) in [6, 6.07) is 0. The van der Waals surface area contributed by atoms with Crippen LogP contribution in [0.25, 0.3) is 0 Å². The van der Waals surface area contributed by atoms with Gasteiger partial charge in [0.25, 0.3) is 0 Å². The average Bonchev–Trinajstić information content (AvgIpc) is 2.47. The minimum atomic E-state index is -1.10. The van der Waals surface area contributed by atoms with Crippen molar-refractivity contribution in [2.75, 3.05) is 27.9 Å². The van der Waals surface area contributed by atoms with E-state index in [2.05, 4.69) is 0 Å². The molecule has 1 N–H and O–H groups in total. The van der Waals surface area contributed by atoms with Crippen LogP contribution in [0.2, 0.25) is 0 Å². The molecule has 2 saturated heterocycles. The van der Waals surface area contributed by atoms with Crippen LogP contribution in [0, 0.1) is 0 Å². The number of hydrogen-bond donors (Lipinski definition) is 1. The first-order valence-electron chi connectivity index (χ1n) is 6.68. The smallest absolute Gasteiger partial charge is 0.220 e. The van der Waals surface area contributed by atoms with Crippen molar-refractivity contribution in [1.82, 2.24) is 0 Å². The van der Waals surface area contributed by atoms with Gasteiger partial charge in [-0.15, -0.1) is 0 Å². The molecule has 0 saturated carbocycles. The molecule has 7 heteroatoms. The SMILES string of the molecule is CO[C@@H]1C[C@H]2O[C@](C)(OC)[C@@](C)(OC)O[C@@H]2[C@@H](CO)O1. The van der Waals surface area contributed by atoms with Crippen LogP contribution in [0.4, 0.5) is 0 Å². The first kappa shape index (κ1) is 16.1. The Balaban J connectivity index is 2.25. The van der Waals surface area contributed by atoms with Gasteiger partial charge in [0, 0.05) is 27.8 Å². The minimum absolute atomic E-state index is 0.187. The molecule has 0 amide bonds. The van der Waals surface area contributed by atoms with Gasteiger partial charge >= 0.3 is 0 Å². The fourth-order valence-corrected chi connectivity index (χ4v) is 2.69. The molecule has 6 atom stereocenters. The maximum Gasteiger partial charge on any atom is 0.220 e. The van der Waals surface area contributed by atoms with Crippen molar-refractivity contribution in [2.45, 2.75) is 56.4 Å². The normalized spacial score (nSPS) is 48.9. The molecule has 0 aromatic carbocycles. The van der Waals surface area contributed by atoms with Crippen LogP contribution < -0.4 is 0 Å². The highest BCUT2D eigenvalue weighted by Crippen LogP contribution is 2.43. The van der Waals surface area contributed by atoms with Gasteiger partial charge in [0.05, 0.1) is 12.7 Å². The van der Waals surface area contributed by atoms with Crippen molar-refractivity contribution in [2.24, 2.45) is 0 Å². The quantitative estimate of drug-likeness (QED) is 0.796. The summed E-state index contributed by atoms with van der Waals surface area (Å²) in [6.45, 7) is 3.31. The summed E-state index contributed by atoms with van der Waals surface area (Å²) in [5, 5.41) is 9.49. The molecule has 2 aliphatic rings. The molecule has 2 rings (SSSR count). The van der Waals surface area contributed by atoms with Crippen LogP contribution in [0.3, 0.4) is 0 Å². The average molecular weight is 292 g/mol. The van der Waals surface area contributed by atoms with E-state index in [-0.39, 0.29) is 12.7 Å². The zero-order valence-electron chi connectivity index (χ0n) is 12.6. The van der Waals surface area contributed by atoms with E-state index in [4.69, 9.17) is 28.4 Å². The van der Waals surface area contributed by atoms with E-state index in [1.807, 2.05) is 0 Å². The number of aliphatic hydroxyl groups is 1. The molecule has 0 bridgehead atoms. The van der Waals surface area contributed by atoms with Gasteiger partial charge in [0.2, 0.25) is 11.6 Å². The van der Waals surface area contributed by atoms with Crippen molar-refractivity contribution < 1.29 is 33.5 Å². The molecule has 118 valence electrons. The van der Waals surface area contributed by atoms with Gasteiger partial charge in [-0.05, 0) is 13.8 Å². The van der Waals surface area contributed by atoms with Crippen molar-refractivity contribution >= 4 is 0 Å². The second-order valence-electron chi connectivity index (χ2n) is 5.30. The zero-order valence-corrected chi connectivity index (χ0v) is 12.6. The van der Waals surface area contributed by atoms with E-state index >= 15 is 0 Å². The third-order valence-electron chi connectivity index (χ3n) is 4.27. The fraction of sp³-hybridized carbons (Fsp3) is 1.00. The number of fused-ring (bicyclic) bond motifs is 1. The van der Waals surface area contributed by atoms with Crippen LogP contribution in [-0.2, 0) is 28.4 Å². The third-order valence-corrected chi connectivity index (χ3v) is 4.27. The Kier molecular flexibility index (Phi) is 4.70. The molecule has 7 nitrogen and oxygen atoms in total. The van der Waals surface area contributed by atoms with Crippen molar-refractivity contribution in [1.29, 1.82) is 0 Å². The fourth-order valence-electron chi connectivity index (χ4n) is 2.69. The van der Waals surface area contributed by atoms with Crippen molar-refractivity contribution in [3.05, 3.63) is 0 Å². The minimum Gasteiger partial charge on any atom is -0.394 e. The molecule has 2 fully saturated rings. The largest absolute Gasteiger partial charge is 0.394 e. The molecular formula is C13H24O7. The highest BCUT2D eigenvalue weighted by Gasteiger charge is 2.59. The number of ether oxygens (including phenoxy) is 6. The van der Waals surface area contributed by atoms with E-state index in [9.17, 15) is 5.11 Å². The number of aliphatic hydroxyl groups excluding tert-OH is 1. The van der Waals surface area contributed by atoms with Gasteiger partial charge in [-0.25, -0.2) is 0 Å². The van der Waals surface area contributed by atoms with Gasteiger partial charge in [-0.3, -0.25) is 0 Å². The van der Waals surface area contributed by atoms with Crippen LogP contribution >= 0.6 is 0 Å². The molecule has 0 aliphatic carbocycles. The van der Waals surface area contributed by atoms with E-state index in [0.717, 1.165) is 0 Å². The lowest BCUT2D eigenvalue weighted by molar-refractivity contribution is -0.468. The Hall–Kier alpha value is -0.280. The van der Waals surface area contributed by atoms with Gasteiger partial charge in [-0.1, -0.05) is 0 Å². The number of hydrogen-bond acceptors (Lipinski definition) is 7. The Morgan fingerprint density at radius 1 is 1.10 bits per heavy atom. The van der Waals surface area contributed by atoms with Crippen LogP contribution in [0.15, 0.2) is 0 Å². The maximum absolute atomic E-state index is 9.49. The second kappa shape index (κ2) is 5.84. The van der Waals surface area contributed by atoms with Crippen molar-refractivity contribution in [3.8, 4) is 0 Å². The monoisotopic (exact) mass is 292 g/mol. The molecular weight excluding hydrogens is 268 g/mol. The Labute approximate surface area is 119 Å². The number of rotatable bonds is 4. The van der Waals surface area contributed by atoms with E-state index in [1.165, 1.54) is 14.2 Å². The van der Waals surface area contributed by atoms with Crippen LogP contribution in [0.5, 0.6) is 0 Å². The highest BCUT2D eigenvalue weighted by atomic mass is 16.8. The Bertz CT molecular complexity index is 339. The standard InChI is InChI=1S/C13H24O7/c1-12(16-4)13(2,17-5)20-11-8(19-12)6-10(15-3)18-9(11)7-14/h8-11,14H,6-7H2,1-5H3/t8-,9-,10+,11+,12+,13+/m1/s1. The topological polar surface area (TPSA) is 75.6 Å². The van der Waals surface area contributed by atoms with Crippen molar-refractivity contribution in [3.63, 3.8) is 0 Å². The van der Waals surface area contributed by atoms with Crippen LogP contribution in [-0.4, -0.2) is 69.2 Å². The van der Waals surface area contributed by atoms with Crippen LogP contribution in [0.1, 0.15) is 20.3 Å². The summed E-state index contributed by atoms with van der Waals surface area (Å²) in [6.07, 6.45) is -1.23. The summed E-state index contributed by atoms with van der Waals surface area (Å²) in [5.41, 5.74) is 0. The molecule has 2 heterocycles. The third kappa shape index (κ3) is 2.48. The van der Waals surface area contributed by atoms with Gasteiger partial charge in [0.15, 0.2) is 6.29 Å². The van der Waals surface area contributed by atoms with Gasteiger partial charge < -0.3 is 33.5 Å². The van der Waals surface area contributed by atoms with E-state index in [0.29, 0.717) is 6.42 Å². The number of methoxy groups -OCH3 is 3. The zero-order chi connectivity index (χ0) is 15.0. The molecule has 0 spiro atoms. The predicted octanol–water partition coefficient (Wildman–Crippen LogP) is 0.249.